The second kappa shape index (κ2) is 5.31. The molecule has 0 amide bonds. The Balaban J connectivity index is 1.69. The van der Waals surface area contributed by atoms with Crippen LogP contribution in [-0.2, 0) is 10.2 Å². The van der Waals surface area contributed by atoms with Crippen LogP contribution in [-0.4, -0.2) is 37.9 Å². The highest BCUT2D eigenvalue weighted by molar-refractivity contribution is 7.87. The quantitative estimate of drug-likeness (QED) is 0.759. The first-order chi connectivity index (χ1) is 9.12. The summed E-state index contributed by atoms with van der Waals surface area (Å²) in [5.41, 5.74) is 5.73. The van der Waals surface area contributed by atoms with Gasteiger partial charge in [-0.25, -0.2) is 0 Å². The van der Waals surface area contributed by atoms with Gasteiger partial charge in [-0.2, -0.15) is 17.4 Å². The number of nitrogens with one attached hydrogen (secondary N) is 1. The van der Waals surface area contributed by atoms with Crippen LogP contribution in [0.15, 0.2) is 0 Å². The summed E-state index contributed by atoms with van der Waals surface area (Å²) in [6.45, 7) is 1.05. The summed E-state index contributed by atoms with van der Waals surface area (Å²) < 4.78 is 29.8. The third kappa shape index (κ3) is 3.12. The summed E-state index contributed by atoms with van der Waals surface area (Å²) in [4.78, 5) is 0. The number of nitrogens with zero attached hydrogens (tertiary/aromatic N) is 1. The maximum absolute atomic E-state index is 12.6. The molecule has 6 heteroatoms. The lowest BCUT2D eigenvalue weighted by Crippen LogP contribution is -2.54. The zero-order chi connectivity index (χ0) is 13.5. The van der Waals surface area contributed by atoms with Crippen LogP contribution in [0.1, 0.15) is 44.9 Å². The molecule has 1 saturated heterocycles. The van der Waals surface area contributed by atoms with E-state index in [1.54, 1.807) is 4.31 Å². The average molecular weight is 287 g/mol. The predicted octanol–water partition coefficient (Wildman–Crippen LogP) is 0.823. The van der Waals surface area contributed by atoms with Crippen molar-refractivity contribution in [1.29, 1.82) is 0 Å². The molecular formula is C13H25N3O2S. The molecule has 0 aromatic carbocycles. The van der Waals surface area contributed by atoms with E-state index in [1.807, 2.05) is 0 Å². The third-order valence-corrected chi connectivity index (χ3v) is 6.37. The van der Waals surface area contributed by atoms with Crippen LogP contribution in [0, 0.1) is 11.8 Å². The number of piperidine rings is 1. The highest BCUT2D eigenvalue weighted by atomic mass is 32.2. The molecule has 1 unspecified atom stereocenters. The van der Waals surface area contributed by atoms with Crippen molar-refractivity contribution in [3.63, 3.8) is 0 Å². The van der Waals surface area contributed by atoms with Crippen molar-refractivity contribution < 1.29 is 8.42 Å². The summed E-state index contributed by atoms with van der Waals surface area (Å²) in [5.74, 6) is 1.17. The van der Waals surface area contributed by atoms with Crippen molar-refractivity contribution in [1.82, 2.24) is 9.03 Å². The summed E-state index contributed by atoms with van der Waals surface area (Å²) >= 11 is 0. The van der Waals surface area contributed by atoms with E-state index in [4.69, 9.17) is 5.73 Å². The summed E-state index contributed by atoms with van der Waals surface area (Å²) in [6.07, 6.45) is 7.68. The molecule has 0 radical (unpaired) electrons. The standard InChI is InChI=1S/C13H25N3O2S/c14-9-12-3-1-2-8-16(12)19(17,18)15-13(10-4-5-10)11-6-7-11/h10-13,15H,1-9,14H2. The lowest BCUT2D eigenvalue weighted by atomic mass is 10.1. The van der Waals surface area contributed by atoms with E-state index < -0.39 is 10.2 Å². The fourth-order valence-electron chi connectivity index (χ4n) is 3.25. The van der Waals surface area contributed by atoms with Crippen LogP contribution in [0.2, 0.25) is 0 Å². The number of hydrogen-bond acceptors (Lipinski definition) is 3. The van der Waals surface area contributed by atoms with Gasteiger partial charge in [-0.05, 0) is 50.4 Å². The maximum Gasteiger partial charge on any atom is 0.280 e. The van der Waals surface area contributed by atoms with Gasteiger partial charge in [-0.3, -0.25) is 0 Å². The molecule has 2 saturated carbocycles. The van der Waals surface area contributed by atoms with Crippen molar-refractivity contribution in [3.8, 4) is 0 Å². The van der Waals surface area contributed by atoms with Gasteiger partial charge in [0.2, 0.25) is 0 Å². The van der Waals surface area contributed by atoms with E-state index >= 15 is 0 Å². The number of rotatable bonds is 6. The van der Waals surface area contributed by atoms with Gasteiger partial charge in [0.15, 0.2) is 0 Å². The van der Waals surface area contributed by atoms with Gasteiger partial charge in [0.05, 0.1) is 0 Å². The van der Waals surface area contributed by atoms with Crippen molar-refractivity contribution in [2.24, 2.45) is 17.6 Å². The second-order valence-corrected chi connectivity index (χ2v) is 7.97. The minimum absolute atomic E-state index is 0.00898. The van der Waals surface area contributed by atoms with Crippen LogP contribution >= 0.6 is 0 Å². The SMILES string of the molecule is NCC1CCCCN1S(=O)(=O)NC(C1CC1)C1CC1. The van der Waals surface area contributed by atoms with Gasteiger partial charge < -0.3 is 5.73 Å². The van der Waals surface area contributed by atoms with Gasteiger partial charge in [-0.1, -0.05) is 6.42 Å². The minimum atomic E-state index is -3.35. The van der Waals surface area contributed by atoms with Crippen molar-refractivity contribution in [3.05, 3.63) is 0 Å². The first-order valence-corrected chi connectivity index (χ1v) is 9.05. The molecular weight excluding hydrogens is 262 g/mol. The van der Waals surface area contributed by atoms with Crippen molar-refractivity contribution in [2.75, 3.05) is 13.1 Å². The Labute approximate surface area is 116 Å². The zero-order valence-electron chi connectivity index (χ0n) is 11.4. The molecule has 3 rings (SSSR count). The summed E-state index contributed by atoms with van der Waals surface area (Å²) in [6, 6.07) is 0.177. The van der Waals surface area contributed by atoms with Gasteiger partial charge >= 0.3 is 0 Å². The third-order valence-electron chi connectivity index (χ3n) is 4.70. The Morgan fingerprint density at radius 1 is 1.11 bits per heavy atom. The first-order valence-electron chi connectivity index (χ1n) is 7.61. The molecule has 0 spiro atoms. The predicted molar refractivity (Wildman–Crippen MR) is 74.7 cm³/mol. The lowest BCUT2D eigenvalue weighted by molar-refractivity contribution is 0.251. The molecule has 0 aromatic heterocycles. The smallest absolute Gasteiger partial charge is 0.280 e. The van der Waals surface area contributed by atoms with Gasteiger partial charge in [0.25, 0.3) is 10.2 Å². The topological polar surface area (TPSA) is 75.4 Å². The van der Waals surface area contributed by atoms with Gasteiger partial charge in [0.1, 0.15) is 0 Å². The molecule has 19 heavy (non-hydrogen) atoms. The molecule has 0 aromatic rings. The summed E-state index contributed by atoms with van der Waals surface area (Å²) in [5, 5.41) is 0. The highest BCUT2D eigenvalue weighted by Crippen LogP contribution is 2.45. The Morgan fingerprint density at radius 2 is 1.74 bits per heavy atom. The monoisotopic (exact) mass is 287 g/mol. The fraction of sp³-hybridized carbons (Fsp3) is 1.00. The van der Waals surface area contributed by atoms with E-state index in [9.17, 15) is 8.42 Å². The van der Waals surface area contributed by atoms with Crippen LogP contribution in [0.4, 0.5) is 0 Å². The lowest BCUT2D eigenvalue weighted by Gasteiger charge is -2.35. The molecule has 1 aliphatic heterocycles. The van der Waals surface area contributed by atoms with Crippen LogP contribution in [0.5, 0.6) is 0 Å². The Morgan fingerprint density at radius 3 is 2.26 bits per heavy atom. The largest absolute Gasteiger partial charge is 0.329 e. The molecule has 5 nitrogen and oxygen atoms in total. The Bertz CT molecular complexity index is 406. The molecule has 3 fully saturated rings. The molecule has 3 aliphatic rings. The average Bonchev–Trinajstić information content (AvgIpc) is 3.29. The fourth-order valence-corrected chi connectivity index (χ4v) is 5.07. The summed E-state index contributed by atoms with van der Waals surface area (Å²) in [7, 11) is -3.35. The molecule has 1 heterocycles. The molecule has 2 aliphatic carbocycles. The van der Waals surface area contributed by atoms with Gasteiger partial charge in [0, 0.05) is 25.2 Å². The first kappa shape index (κ1) is 13.8. The van der Waals surface area contributed by atoms with E-state index in [0.29, 0.717) is 24.9 Å². The van der Waals surface area contributed by atoms with Crippen molar-refractivity contribution in [2.45, 2.75) is 57.0 Å². The Hall–Kier alpha value is -0.170. The molecule has 110 valence electrons. The van der Waals surface area contributed by atoms with Crippen molar-refractivity contribution >= 4 is 10.2 Å². The van der Waals surface area contributed by atoms with E-state index in [-0.39, 0.29) is 12.1 Å². The molecule has 1 atom stereocenters. The highest BCUT2D eigenvalue weighted by Gasteiger charge is 2.45. The second-order valence-electron chi connectivity index (χ2n) is 6.32. The number of nitrogens with two attached hydrogens (primary N) is 1. The van der Waals surface area contributed by atoms with E-state index in [1.165, 1.54) is 25.7 Å². The van der Waals surface area contributed by atoms with Crippen LogP contribution < -0.4 is 10.5 Å². The van der Waals surface area contributed by atoms with E-state index in [0.717, 1.165) is 19.3 Å². The molecule has 0 bridgehead atoms. The Kier molecular flexibility index (Phi) is 3.86. The molecule has 3 N–H and O–H groups in total. The van der Waals surface area contributed by atoms with Crippen LogP contribution in [0.25, 0.3) is 0 Å². The maximum atomic E-state index is 12.6. The zero-order valence-corrected chi connectivity index (χ0v) is 12.2. The van der Waals surface area contributed by atoms with Gasteiger partial charge in [-0.15, -0.1) is 0 Å². The number of hydrogen-bond donors (Lipinski definition) is 2. The minimum Gasteiger partial charge on any atom is -0.329 e. The van der Waals surface area contributed by atoms with E-state index in [2.05, 4.69) is 4.72 Å². The van der Waals surface area contributed by atoms with Crippen LogP contribution in [0.3, 0.4) is 0 Å². The normalized spacial score (nSPS) is 29.9.